The number of fused-ring (bicyclic) bond motifs is 1. The van der Waals surface area contributed by atoms with Crippen LogP contribution in [-0.4, -0.2) is 45.5 Å². The van der Waals surface area contributed by atoms with Crippen molar-refractivity contribution in [1.29, 1.82) is 0 Å². The lowest BCUT2D eigenvalue weighted by Crippen LogP contribution is -2.09. The highest BCUT2D eigenvalue weighted by Gasteiger charge is 2.19. The summed E-state index contributed by atoms with van der Waals surface area (Å²) in [5, 5.41) is 8.69. The molecule has 0 spiro atoms. The van der Waals surface area contributed by atoms with Gasteiger partial charge in [-0.25, -0.2) is 9.67 Å². The number of hydrogen-bond donors (Lipinski definition) is 2. The molecule has 3 heterocycles. The molecule has 0 atom stereocenters. The lowest BCUT2D eigenvalue weighted by atomic mass is 10.1. The third-order valence-corrected chi connectivity index (χ3v) is 5.62. The maximum Gasteiger partial charge on any atom is 0.225 e. The number of aromatic nitrogens is 5. The van der Waals surface area contributed by atoms with Gasteiger partial charge in [0.2, 0.25) is 5.95 Å². The summed E-state index contributed by atoms with van der Waals surface area (Å²) in [6, 6.07) is 21.1. The first-order chi connectivity index (χ1) is 17.2. The van der Waals surface area contributed by atoms with E-state index in [0.29, 0.717) is 35.0 Å². The van der Waals surface area contributed by atoms with Crippen molar-refractivity contribution < 1.29 is 9.47 Å². The van der Waals surface area contributed by atoms with Crippen LogP contribution in [-0.2, 0) is 6.42 Å². The summed E-state index contributed by atoms with van der Waals surface area (Å²) >= 11 is 0. The molecule has 0 saturated heterocycles. The molecule has 5 aromatic rings. The molecule has 0 bridgehead atoms. The highest BCUT2D eigenvalue weighted by atomic mass is 16.5. The van der Waals surface area contributed by atoms with E-state index in [1.54, 1.807) is 25.1 Å². The normalized spacial score (nSPS) is 10.9. The SMILES string of the molecule is COc1ccc(-n2nc3nc(NCCc4ccccn4)nc(-c4cccc(OC)c4)c3c2N)cc1. The van der Waals surface area contributed by atoms with Gasteiger partial charge >= 0.3 is 0 Å². The Balaban J connectivity index is 1.58. The molecule has 3 N–H and O–H groups in total. The number of benzene rings is 2. The number of nitrogens with zero attached hydrogens (tertiary/aromatic N) is 5. The van der Waals surface area contributed by atoms with Crippen molar-refractivity contribution in [3.05, 3.63) is 78.6 Å². The summed E-state index contributed by atoms with van der Waals surface area (Å²) in [6.45, 7) is 0.620. The highest BCUT2D eigenvalue weighted by molar-refractivity contribution is 5.99. The second kappa shape index (κ2) is 9.68. The van der Waals surface area contributed by atoms with E-state index >= 15 is 0 Å². The van der Waals surface area contributed by atoms with Crippen molar-refractivity contribution in [1.82, 2.24) is 24.7 Å². The van der Waals surface area contributed by atoms with Crippen LogP contribution in [0, 0.1) is 0 Å². The maximum atomic E-state index is 6.61. The Morgan fingerprint density at radius 2 is 1.74 bits per heavy atom. The molecule has 35 heavy (non-hydrogen) atoms. The maximum absolute atomic E-state index is 6.61. The number of nitrogen functional groups attached to an aromatic ring is 1. The van der Waals surface area contributed by atoms with Gasteiger partial charge in [-0.05, 0) is 48.5 Å². The smallest absolute Gasteiger partial charge is 0.225 e. The Morgan fingerprint density at radius 1 is 0.914 bits per heavy atom. The quantitative estimate of drug-likeness (QED) is 0.350. The van der Waals surface area contributed by atoms with Gasteiger partial charge in [-0.15, -0.1) is 5.10 Å². The largest absolute Gasteiger partial charge is 0.497 e. The Hall–Kier alpha value is -4.66. The number of ether oxygens (including phenoxy) is 2. The molecule has 0 aliphatic rings. The van der Waals surface area contributed by atoms with Gasteiger partial charge in [-0.1, -0.05) is 18.2 Å². The molecule has 9 heteroatoms. The average Bonchev–Trinajstić information content (AvgIpc) is 3.25. The summed E-state index contributed by atoms with van der Waals surface area (Å²) in [5.74, 6) is 2.38. The summed E-state index contributed by atoms with van der Waals surface area (Å²) in [7, 11) is 3.26. The number of anilines is 2. The summed E-state index contributed by atoms with van der Waals surface area (Å²) in [4.78, 5) is 13.9. The van der Waals surface area contributed by atoms with E-state index in [1.165, 1.54) is 0 Å². The van der Waals surface area contributed by atoms with E-state index in [0.717, 1.165) is 34.9 Å². The van der Waals surface area contributed by atoms with Gasteiger partial charge in [0.1, 0.15) is 17.3 Å². The van der Waals surface area contributed by atoms with Crippen LogP contribution in [0.3, 0.4) is 0 Å². The first-order valence-corrected chi connectivity index (χ1v) is 11.1. The number of hydrogen-bond acceptors (Lipinski definition) is 8. The second-order valence-electron chi connectivity index (χ2n) is 7.82. The third-order valence-electron chi connectivity index (χ3n) is 5.62. The molecule has 0 saturated carbocycles. The molecule has 0 aliphatic carbocycles. The molecule has 0 radical (unpaired) electrons. The number of pyridine rings is 1. The molecule has 0 amide bonds. The van der Waals surface area contributed by atoms with E-state index in [-0.39, 0.29) is 0 Å². The minimum atomic E-state index is 0.447. The van der Waals surface area contributed by atoms with Crippen LogP contribution in [0.25, 0.3) is 28.0 Å². The molecule has 0 aliphatic heterocycles. The molecule has 5 rings (SSSR count). The van der Waals surface area contributed by atoms with E-state index in [2.05, 4.69) is 15.3 Å². The molecule has 0 unspecified atom stereocenters. The van der Waals surface area contributed by atoms with Gasteiger partial charge in [0.25, 0.3) is 0 Å². The second-order valence-corrected chi connectivity index (χ2v) is 7.82. The van der Waals surface area contributed by atoms with Crippen molar-refractivity contribution in [2.75, 3.05) is 31.8 Å². The zero-order valence-corrected chi connectivity index (χ0v) is 19.5. The van der Waals surface area contributed by atoms with Crippen molar-refractivity contribution in [2.24, 2.45) is 0 Å². The van der Waals surface area contributed by atoms with E-state index in [1.807, 2.05) is 66.7 Å². The average molecular weight is 468 g/mol. The van der Waals surface area contributed by atoms with Gasteiger partial charge < -0.3 is 20.5 Å². The summed E-state index contributed by atoms with van der Waals surface area (Å²) < 4.78 is 12.4. The predicted molar refractivity (Wildman–Crippen MR) is 136 cm³/mol. The minimum Gasteiger partial charge on any atom is -0.497 e. The van der Waals surface area contributed by atoms with E-state index < -0.39 is 0 Å². The molecule has 0 fully saturated rings. The standard InChI is InChI=1S/C26H25N7O2/c1-34-20-11-9-19(10-12-20)33-24(27)22-23(17-6-5-8-21(16-17)35-2)30-26(31-25(22)32-33)29-15-13-18-7-3-4-14-28-18/h3-12,14,16H,13,15,27H2,1-2H3,(H,29,31,32). The third kappa shape index (κ3) is 4.56. The van der Waals surface area contributed by atoms with Crippen LogP contribution in [0.1, 0.15) is 5.69 Å². The van der Waals surface area contributed by atoms with Crippen LogP contribution in [0.4, 0.5) is 11.8 Å². The number of methoxy groups -OCH3 is 2. The van der Waals surface area contributed by atoms with Crippen molar-refractivity contribution in [3.63, 3.8) is 0 Å². The molecular weight excluding hydrogens is 442 g/mol. The Kier molecular flexibility index (Phi) is 6.13. The van der Waals surface area contributed by atoms with Gasteiger partial charge in [0, 0.05) is 30.4 Å². The summed E-state index contributed by atoms with van der Waals surface area (Å²) in [6.07, 6.45) is 2.52. The topological polar surface area (TPSA) is 113 Å². The van der Waals surface area contributed by atoms with Crippen LogP contribution in [0.2, 0.25) is 0 Å². The fraction of sp³-hybridized carbons (Fsp3) is 0.154. The van der Waals surface area contributed by atoms with Crippen LogP contribution in [0.15, 0.2) is 72.9 Å². The number of nitrogens with one attached hydrogen (secondary N) is 1. The Morgan fingerprint density at radius 3 is 2.49 bits per heavy atom. The first kappa shape index (κ1) is 22.1. The fourth-order valence-electron chi connectivity index (χ4n) is 3.84. The van der Waals surface area contributed by atoms with Gasteiger partial charge in [0.15, 0.2) is 5.65 Å². The predicted octanol–water partition coefficient (Wildman–Crippen LogP) is 4.13. The van der Waals surface area contributed by atoms with Gasteiger partial charge in [0.05, 0.1) is 31.0 Å². The first-order valence-electron chi connectivity index (χ1n) is 11.1. The van der Waals surface area contributed by atoms with Crippen LogP contribution in [0.5, 0.6) is 11.5 Å². The lowest BCUT2D eigenvalue weighted by Gasteiger charge is -2.09. The van der Waals surface area contributed by atoms with Crippen LogP contribution < -0.4 is 20.5 Å². The van der Waals surface area contributed by atoms with Gasteiger partial charge in [-0.3, -0.25) is 4.98 Å². The van der Waals surface area contributed by atoms with Crippen molar-refractivity contribution >= 4 is 22.8 Å². The Bertz CT molecular complexity index is 1450. The van der Waals surface area contributed by atoms with Crippen molar-refractivity contribution in [2.45, 2.75) is 6.42 Å². The molecule has 9 nitrogen and oxygen atoms in total. The van der Waals surface area contributed by atoms with E-state index in [9.17, 15) is 0 Å². The number of nitrogens with two attached hydrogens (primary N) is 1. The fourth-order valence-corrected chi connectivity index (χ4v) is 3.84. The minimum absolute atomic E-state index is 0.447. The zero-order valence-electron chi connectivity index (χ0n) is 19.5. The van der Waals surface area contributed by atoms with E-state index in [4.69, 9.17) is 25.3 Å². The molecule has 3 aromatic heterocycles. The van der Waals surface area contributed by atoms with Gasteiger partial charge in [-0.2, -0.15) is 4.98 Å². The van der Waals surface area contributed by atoms with Crippen molar-refractivity contribution in [3.8, 4) is 28.4 Å². The summed E-state index contributed by atoms with van der Waals surface area (Å²) in [5.41, 5.74) is 10.4. The van der Waals surface area contributed by atoms with Crippen LogP contribution >= 0.6 is 0 Å². The molecule has 176 valence electrons. The highest BCUT2D eigenvalue weighted by Crippen LogP contribution is 2.34. The molecular formula is C26H25N7O2. The Labute approximate surface area is 202 Å². The monoisotopic (exact) mass is 467 g/mol. The lowest BCUT2D eigenvalue weighted by molar-refractivity contribution is 0.414. The molecule has 2 aromatic carbocycles. The number of rotatable bonds is 8. The zero-order chi connectivity index (χ0) is 24.2.